The summed E-state index contributed by atoms with van der Waals surface area (Å²) < 4.78 is 10.8. The van der Waals surface area contributed by atoms with Crippen molar-refractivity contribution in [2.45, 2.75) is 58.5 Å². The predicted octanol–water partition coefficient (Wildman–Crippen LogP) is 3.75. The van der Waals surface area contributed by atoms with E-state index in [4.69, 9.17) is 8.94 Å². The number of amides is 2. The normalized spacial score (nSPS) is 16.8. The van der Waals surface area contributed by atoms with Gasteiger partial charge in [0.2, 0.25) is 11.8 Å². The molecular formula is C24H28N4O4. The number of carbonyl (C=O) groups is 2. The molecule has 2 unspecified atom stereocenters. The van der Waals surface area contributed by atoms with Gasteiger partial charge in [0, 0.05) is 24.7 Å². The summed E-state index contributed by atoms with van der Waals surface area (Å²) in [5, 5.41) is 6.89. The van der Waals surface area contributed by atoms with Crippen molar-refractivity contribution in [2.24, 2.45) is 0 Å². The quantitative estimate of drug-likeness (QED) is 0.605. The van der Waals surface area contributed by atoms with E-state index in [0.29, 0.717) is 31.7 Å². The van der Waals surface area contributed by atoms with Crippen molar-refractivity contribution in [3.8, 4) is 11.3 Å². The molecule has 1 aliphatic heterocycles. The molecule has 8 heteroatoms. The fraction of sp³-hybridized carbons (Fsp3) is 0.417. The Morgan fingerprint density at radius 3 is 2.66 bits per heavy atom. The van der Waals surface area contributed by atoms with E-state index in [1.807, 2.05) is 45.0 Å². The van der Waals surface area contributed by atoms with Gasteiger partial charge in [0.05, 0.1) is 17.3 Å². The molecule has 3 heterocycles. The van der Waals surface area contributed by atoms with Crippen LogP contribution in [0, 0.1) is 13.8 Å². The highest BCUT2D eigenvalue weighted by atomic mass is 16.5. The lowest BCUT2D eigenvalue weighted by Crippen LogP contribution is -2.47. The second kappa shape index (κ2) is 9.38. The summed E-state index contributed by atoms with van der Waals surface area (Å²) in [5.74, 6) is 0.677. The molecule has 168 valence electrons. The molecule has 8 nitrogen and oxygen atoms in total. The molecule has 32 heavy (non-hydrogen) atoms. The van der Waals surface area contributed by atoms with E-state index in [2.05, 4.69) is 15.5 Å². The van der Waals surface area contributed by atoms with Gasteiger partial charge in [0.15, 0.2) is 12.2 Å². The van der Waals surface area contributed by atoms with Gasteiger partial charge in [-0.2, -0.15) is 0 Å². The maximum absolute atomic E-state index is 13.2. The topological polar surface area (TPSA) is 101 Å². The number of carbonyl (C=O) groups excluding carboxylic acids is 2. The van der Waals surface area contributed by atoms with E-state index < -0.39 is 12.0 Å². The SMILES string of the molecule is CCC(C(=O)N1CCCC1C(=O)NCc1ccc(-c2ocnc2C)cc1)c1cc(C)no1. The summed E-state index contributed by atoms with van der Waals surface area (Å²) in [5.41, 5.74) is 3.49. The molecule has 1 fully saturated rings. The van der Waals surface area contributed by atoms with Crippen molar-refractivity contribution in [2.75, 3.05) is 6.54 Å². The Morgan fingerprint density at radius 1 is 1.25 bits per heavy atom. The molecule has 2 atom stereocenters. The highest BCUT2D eigenvalue weighted by Gasteiger charge is 2.38. The lowest BCUT2D eigenvalue weighted by Gasteiger charge is -2.27. The fourth-order valence-electron chi connectivity index (χ4n) is 4.21. The van der Waals surface area contributed by atoms with Crippen LogP contribution in [0.1, 0.15) is 54.8 Å². The lowest BCUT2D eigenvalue weighted by atomic mass is 10.0. The van der Waals surface area contributed by atoms with Crippen LogP contribution in [0.4, 0.5) is 0 Å². The second-order valence-electron chi connectivity index (χ2n) is 8.20. The van der Waals surface area contributed by atoms with Gasteiger partial charge in [-0.25, -0.2) is 4.98 Å². The third-order valence-electron chi connectivity index (χ3n) is 5.96. The summed E-state index contributed by atoms with van der Waals surface area (Å²) in [7, 11) is 0. The van der Waals surface area contributed by atoms with Crippen LogP contribution >= 0.6 is 0 Å². The van der Waals surface area contributed by atoms with Gasteiger partial charge in [0.1, 0.15) is 11.8 Å². The van der Waals surface area contributed by atoms with Crippen LogP contribution in [0.5, 0.6) is 0 Å². The van der Waals surface area contributed by atoms with Gasteiger partial charge in [-0.3, -0.25) is 9.59 Å². The highest BCUT2D eigenvalue weighted by Crippen LogP contribution is 2.28. The van der Waals surface area contributed by atoms with E-state index in [1.54, 1.807) is 11.0 Å². The smallest absolute Gasteiger partial charge is 0.243 e. The van der Waals surface area contributed by atoms with E-state index in [9.17, 15) is 9.59 Å². The van der Waals surface area contributed by atoms with Crippen LogP contribution in [0.25, 0.3) is 11.3 Å². The summed E-state index contributed by atoms with van der Waals surface area (Å²) in [6.07, 6.45) is 3.49. The monoisotopic (exact) mass is 436 g/mol. The van der Waals surface area contributed by atoms with E-state index in [1.165, 1.54) is 6.39 Å². The van der Waals surface area contributed by atoms with E-state index in [-0.39, 0.29) is 11.8 Å². The maximum atomic E-state index is 13.2. The number of likely N-dealkylation sites (tertiary alicyclic amines) is 1. The molecule has 0 bridgehead atoms. The van der Waals surface area contributed by atoms with Crippen molar-refractivity contribution in [1.82, 2.24) is 20.4 Å². The molecule has 1 saturated heterocycles. The van der Waals surface area contributed by atoms with Crippen molar-refractivity contribution in [3.63, 3.8) is 0 Å². The van der Waals surface area contributed by atoms with Crippen molar-refractivity contribution < 1.29 is 18.5 Å². The second-order valence-corrected chi connectivity index (χ2v) is 8.20. The van der Waals surface area contributed by atoms with Crippen LogP contribution in [0.3, 0.4) is 0 Å². The van der Waals surface area contributed by atoms with Crippen LogP contribution in [0.2, 0.25) is 0 Å². The first-order valence-corrected chi connectivity index (χ1v) is 11.0. The highest BCUT2D eigenvalue weighted by molar-refractivity contribution is 5.90. The Balaban J connectivity index is 1.38. The number of hydrogen-bond acceptors (Lipinski definition) is 6. The van der Waals surface area contributed by atoms with Crippen molar-refractivity contribution in [3.05, 3.63) is 59.4 Å². The number of aromatic nitrogens is 2. The van der Waals surface area contributed by atoms with Crippen LogP contribution in [-0.4, -0.2) is 39.4 Å². The Labute approximate surface area is 187 Å². The molecule has 2 aromatic heterocycles. The largest absolute Gasteiger partial charge is 0.443 e. The molecule has 1 aliphatic rings. The molecule has 1 N–H and O–H groups in total. The molecule has 0 radical (unpaired) electrons. The minimum absolute atomic E-state index is 0.0759. The van der Waals surface area contributed by atoms with Crippen LogP contribution < -0.4 is 5.32 Å². The fourth-order valence-corrected chi connectivity index (χ4v) is 4.21. The third-order valence-corrected chi connectivity index (χ3v) is 5.96. The molecule has 2 amide bonds. The Bertz CT molecular complexity index is 1090. The maximum Gasteiger partial charge on any atom is 0.243 e. The first-order chi connectivity index (χ1) is 15.5. The average Bonchev–Trinajstić information content (AvgIpc) is 3.54. The summed E-state index contributed by atoms with van der Waals surface area (Å²) in [6, 6.07) is 9.14. The van der Waals surface area contributed by atoms with Crippen molar-refractivity contribution >= 4 is 11.8 Å². The Morgan fingerprint density at radius 2 is 2.03 bits per heavy atom. The molecule has 0 aliphatic carbocycles. The Hall–Kier alpha value is -3.42. The number of nitrogens with one attached hydrogen (secondary N) is 1. The molecule has 0 spiro atoms. The molecule has 4 rings (SSSR count). The summed E-state index contributed by atoms with van der Waals surface area (Å²) in [4.78, 5) is 31.9. The molecule has 1 aromatic carbocycles. The van der Waals surface area contributed by atoms with E-state index >= 15 is 0 Å². The van der Waals surface area contributed by atoms with Crippen LogP contribution in [-0.2, 0) is 16.1 Å². The molecular weight excluding hydrogens is 408 g/mol. The van der Waals surface area contributed by atoms with Gasteiger partial charge in [-0.15, -0.1) is 0 Å². The standard InChI is InChI=1S/C24H28N4O4/c1-4-19(21-12-15(2)27-32-21)24(30)28-11-5-6-20(28)23(29)25-13-17-7-9-18(10-8-17)22-16(3)26-14-31-22/h7-10,12,14,19-20H,4-6,11,13H2,1-3H3,(H,25,29). The van der Waals surface area contributed by atoms with E-state index in [0.717, 1.165) is 34.7 Å². The zero-order valence-electron chi connectivity index (χ0n) is 18.6. The third kappa shape index (κ3) is 4.44. The zero-order chi connectivity index (χ0) is 22.7. The summed E-state index contributed by atoms with van der Waals surface area (Å²) in [6.45, 7) is 6.64. The van der Waals surface area contributed by atoms with Gasteiger partial charge in [0.25, 0.3) is 0 Å². The first kappa shape index (κ1) is 21.8. The van der Waals surface area contributed by atoms with Gasteiger partial charge >= 0.3 is 0 Å². The van der Waals surface area contributed by atoms with Crippen molar-refractivity contribution in [1.29, 1.82) is 0 Å². The number of hydrogen-bond donors (Lipinski definition) is 1. The lowest BCUT2D eigenvalue weighted by molar-refractivity contribution is -0.140. The molecule has 3 aromatic rings. The summed E-state index contributed by atoms with van der Waals surface area (Å²) >= 11 is 0. The van der Waals surface area contributed by atoms with Gasteiger partial charge < -0.3 is 19.2 Å². The van der Waals surface area contributed by atoms with Gasteiger partial charge in [-0.1, -0.05) is 36.3 Å². The molecule has 0 saturated carbocycles. The number of aryl methyl sites for hydroxylation is 2. The first-order valence-electron chi connectivity index (χ1n) is 11.0. The number of rotatable bonds is 7. The van der Waals surface area contributed by atoms with Gasteiger partial charge in [-0.05, 0) is 38.7 Å². The number of nitrogens with zero attached hydrogens (tertiary/aromatic N) is 3. The minimum Gasteiger partial charge on any atom is -0.443 e. The van der Waals surface area contributed by atoms with Crippen LogP contribution in [0.15, 0.2) is 45.7 Å². The number of benzene rings is 1. The number of oxazole rings is 1. The zero-order valence-corrected chi connectivity index (χ0v) is 18.6. The predicted molar refractivity (Wildman–Crippen MR) is 118 cm³/mol. The average molecular weight is 437 g/mol. The minimum atomic E-state index is -0.461. The Kier molecular flexibility index (Phi) is 6.39.